The second kappa shape index (κ2) is 11.4. The molecule has 0 radical (unpaired) electrons. The Morgan fingerprint density at radius 2 is 0.889 bits per heavy atom. The van der Waals surface area contributed by atoms with Gasteiger partial charge >= 0.3 is 0 Å². The van der Waals surface area contributed by atoms with Crippen LogP contribution in [-0.2, 0) is 10.2 Å². The number of amides is 1. The molecule has 228 valence electrons. The maximum atomic E-state index is 13.3. The van der Waals surface area contributed by atoms with Crippen LogP contribution in [0.25, 0.3) is 11.1 Å². The highest BCUT2D eigenvalue weighted by Crippen LogP contribution is 2.46. The second-order valence-electron chi connectivity index (χ2n) is 9.54. The predicted molar refractivity (Wildman–Crippen MR) is 151 cm³/mol. The molecule has 0 spiro atoms. The van der Waals surface area contributed by atoms with Crippen molar-refractivity contribution in [3.05, 3.63) is 144 Å². The van der Waals surface area contributed by atoms with Crippen molar-refractivity contribution in [1.29, 1.82) is 0 Å². The van der Waals surface area contributed by atoms with Gasteiger partial charge < -0.3 is 5.73 Å². The molecule has 1 aliphatic carbocycles. The van der Waals surface area contributed by atoms with Crippen LogP contribution in [0.5, 0.6) is 0 Å². The van der Waals surface area contributed by atoms with Crippen LogP contribution in [-0.4, -0.2) is 35.4 Å². The molecule has 1 atom stereocenters. The van der Waals surface area contributed by atoms with Crippen molar-refractivity contribution in [3.63, 3.8) is 0 Å². The van der Waals surface area contributed by atoms with Gasteiger partial charge in [-0.3, -0.25) is 65.5 Å². The molecule has 20 nitrogen and oxygen atoms in total. The topological polar surface area (TPSA) is 302 Å². The van der Waals surface area contributed by atoms with Gasteiger partial charge in [-0.15, -0.1) is 0 Å². The van der Waals surface area contributed by atoms with Gasteiger partial charge in [0.1, 0.15) is 0 Å². The Bertz CT molecular complexity index is 1860. The molecule has 4 rings (SSSR count). The van der Waals surface area contributed by atoms with E-state index in [9.17, 15) is 65.5 Å². The lowest BCUT2D eigenvalue weighted by atomic mass is 9.68. The van der Waals surface area contributed by atoms with Crippen LogP contribution < -0.4 is 5.73 Å². The first-order valence-electron chi connectivity index (χ1n) is 12.1. The van der Waals surface area contributed by atoms with Crippen LogP contribution in [0.15, 0.2) is 66.7 Å². The average molecular weight is 621 g/mol. The summed E-state index contributed by atoms with van der Waals surface area (Å²) in [5.74, 6) is -1.28. The minimum absolute atomic E-state index is 0.124. The molecular formula is C25H15N7O13. The van der Waals surface area contributed by atoms with Crippen molar-refractivity contribution in [1.82, 2.24) is 0 Å². The minimum atomic E-state index is -2.27. The van der Waals surface area contributed by atoms with Gasteiger partial charge in [-0.25, -0.2) is 0 Å². The van der Waals surface area contributed by atoms with Crippen molar-refractivity contribution < 1.29 is 34.3 Å². The Labute approximate surface area is 247 Å². The van der Waals surface area contributed by atoms with Gasteiger partial charge in [-0.2, -0.15) is 0 Å². The van der Waals surface area contributed by atoms with E-state index in [0.717, 1.165) is 42.5 Å². The third-order valence-corrected chi connectivity index (χ3v) is 6.83. The third-order valence-electron chi connectivity index (χ3n) is 6.83. The van der Waals surface area contributed by atoms with E-state index in [1.807, 2.05) is 0 Å². The Morgan fingerprint density at radius 1 is 0.556 bits per heavy atom. The summed E-state index contributed by atoms with van der Waals surface area (Å²) in [5, 5.41) is 69.6. The fraction of sp³-hybridized carbons (Fsp3) is 0.0800. The largest absolute Gasteiger partial charge is 0.369 e. The molecule has 0 fully saturated rings. The molecular weight excluding hydrogens is 606 g/mol. The van der Waals surface area contributed by atoms with Crippen LogP contribution in [0, 0.1) is 60.7 Å². The van der Waals surface area contributed by atoms with Crippen molar-refractivity contribution >= 4 is 51.2 Å². The number of hydrogen-bond acceptors (Lipinski definition) is 13. The molecule has 0 aromatic heterocycles. The van der Waals surface area contributed by atoms with E-state index < -0.39 is 87.0 Å². The van der Waals surface area contributed by atoms with E-state index in [-0.39, 0.29) is 22.3 Å². The minimum Gasteiger partial charge on any atom is -0.369 e. The fourth-order valence-electron chi connectivity index (χ4n) is 4.76. The standard InChI is InChI=1S/C25H15N7O13/c26-24(33)25(17-6-22(31(42)43)10-23(7-17)32(44)45)11-15(13-2-18(27(34)35)8-19(3-13)28(36)37)1-16(12-25)14-4-20(29(38)39)9-21(5-14)30(40)41/h1-11H,12H2,(H2,26,33). The Kier molecular flexibility index (Phi) is 7.81. The summed E-state index contributed by atoms with van der Waals surface area (Å²) in [6.07, 6.45) is 1.59. The molecule has 45 heavy (non-hydrogen) atoms. The van der Waals surface area contributed by atoms with E-state index in [1.54, 1.807) is 0 Å². The van der Waals surface area contributed by atoms with Gasteiger partial charge in [0.15, 0.2) is 0 Å². The zero-order chi connectivity index (χ0) is 33.4. The van der Waals surface area contributed by atoms with E-state index >= 15 is 0 Å². The van der Waals surface area contributed by atoms with Crippen LogP contribution in [0.2, 0.25) is 0 Å². The van der Waals surface area contributed by atoms with Gasteiger partial charge in [0.05, 0.1) is 53.2 Å². The number of hydrogen-bond donors (Lipinski definition) is 1. The number of nitrogens with two attached hydrogens (primary N) is 1. The lowest BCUT2D eigenvalue weighted by Crippen LogP contribution is -2.41. The molecule has 0 aliphatic heterocycles. The summed E-state index contributed by atoms with van der Waals surface area (Å²) in [4.78, 5) is 77.1. The van der Waals surface area contributed by atoms with E-state index in [4.69, 9.17) is 5.73 Å². The number of carbonyl (C=O) groups is 1. The predicted octanol–water partition coefficient (Wildman–Crippen LogP) is 4.43. The van der Waals surface area contributed by atoms with Crippen LogP contribution in [0.4, 0.5) is 34.1 Å². The van der Waals surface area contributed by atoms with Gasteiger partial charge in [0.2, 0.25) is 5.91 Å². The van der Waals surface area contributed by atoms with Crippen molar-refractivity contribution in [2.45, 2.75) is 11.8 Å². The lowest BCUT2D eigenvalue weighted by Gasteiger charge is -2.33. The van der Waals surface area contributed by atoms with Crippen molar-refractivity contribution in [3.8, 4) is 0 Å². The van der Waals surface area contributed by atoms with Crippen LogP contribution in [0.3, 0.4) is 0 Å². The maximum Gasteiger partial charge on any atom is 0.276 e. The summed E-state index contributed by atoms with van der Waals surface area (Å²) in [5.41, 5.74) is -2.42. The number of primary amides is 1. The third kappa shape index (κ3) is 5.99. The van der Waals surface area contributed by atoms with E-state index in [2.05, 4.69) is 0 Å². The molecule has 0 heterocycles. The maximum absolute atomic E-state index is 13.3. The zero-order valence-electron chi connectivity index (χ0n) is 22.1. The van der Waals surface area contributed by atoms with Crippen LogP contribution in [0.1, 0.15) is 23.1 Å². The monoisotopic (exact) mass is 621 g/mol. The first-order chi connectivity index (χ1) is 21.0. The highest BCUT2D eigenvalue weighted by molar-refractivity contribution is 6.00. The number of nitro groups is 6. The number of allylic oxidation sites excluding steroid dienone is 3. The Morgan fingerprint density at radius 3 is 1.22 bits per heavy atom. The second-order valence-corrected chi connectivity index (χ2v) is 9.54. The quantitative estimate of drug-likeness (QED) is 0.242. The number of carbonyl (C=O) groups excluding carboxylic acids is 1. The number of nitro benzene ring substituents is 6. The molecule has 1 amide bonds. The molecule has 0 bridgehead atoms. The van der Waals surface area contributed by atoms with Gasteiger partial charge in [0.25, 0.3) is 34.1 Å². The van der Waals surface area contributed by atoms with E-state index in [0.29, 0.717) is 18.2 Å². The van der Waals surface area contributed by atoms with Gasteiger partial charge in [-0.05, 0) is 34.3 Å². The van der Waals surface area contributed by atoms with Gasteiger partial charge in [0, 0.05) is 36.4 Å². The molecule has 20 heteroatoms. The smallest absolute Gasteiger partial charge is 0.276 e. The summed E-state index contributed by atoms with van der Waals surface area (Å²) in [6, 6.07) is 7.09. The molecule has 0 saturated heterocycles. The Hall–Kier alpha value is -6.99. The van der Waals surface area contributed by atoms with Crippen molar-refractivity contribution in [2.24, 2.45) is 5.73 Å². The molecule has 0 saturated carbocycles. The molecule has 3 aromatic carbocycles. The number of non-ortho nitro benzene ring substituents is 6. The number of nitrogens with zero attached hydrogens (tertiary/aromatic N) is 6. The Balaban J connectivity index is 2.14. The van der Waals surface area contributed by atoms with E-state index in [1.165, 1.54) is 6.08 Å². The first kappa shape index (κ1) is 31.0. The SMILES string of the molecule is NC(=O)C1(c2cc([N+](=O)[O-])cc([N+](=O)[O-])c2)C=C(c2cc([N+](=O)[O-])cc([N+](=O)[O-])c2)C=C(c2cc([N+](=O)[O-])cc([N+](=O)[O-])c2)C1. The first-order valence-corrected chi connectivity index (χ1v) is 12.1. The molecule has 2 N–H and O–H groups in total. The highest BCUT2D eigenvalue weighted by atomic mass is 16.6. The summed E-state index contributed by atoms with van der Waals surface area (Å²) < 4.78 is 0. The lowest BCUT2D eigenvalue weighted by molar-refractivity contribution is -0.394. The molecule has 1 aliphatic rings. The van der Waals surface area contributed by atoms with Crippen LogP contribution >= 0.6 is 0 Å². The summed E-state index contributed by atoms with van der Waals surface area (Å²) in [7, 11) is 0. The number of rotatable bonds is 10. The fourth-order valence-corrected chi connectivity index (χ4v) is 4.76. The number of benzene rings is 3. The van der Waals surface area contributed by atoms with Gasteiger partial charge in [-0.1, -0.05) is 12.2 Å². The summed E-state index contributed by atoms with van der Waals surface area (Å²) >= 11 is 0. The highest BCUT2D eigenvalue weighted by Gasteiger charge is 2.43. The normalized spacial score (nSPS) is 15.7. The van der Waals surface area contributed by atoms with Crippen molar-refractivity contribution in [2.75, 3.05) is 0 Å². The molecule has 1 unspecified atom stereocenters. The average Bonchev–Trinajstić information content (AvgIpc) is 2.99. The molecule has 3 aromatic rings. The summed E-state index contributed by atoms with van der Waals surface area (Å²) in [6.45, 7) is 0. The zero-order valence-corrected chi connectivity index (χ0v) is 22.1.